The number of alkyl halides is 1. The van der Waals surface area contributed by atoms with Crippen molar-refractivity contribution in [3.05, 3.63) is 28.8 Å². The van der Waals surface area contributed by atoms with E-state index in [2.05, 4.69) is 4.74 Å². The van der Waals surface area contributed by atoms with Gasteiger partial charge < -0.3 is 9.84 Å². The van der Waals surface area contributed by atoms with Crippen LogP contribution in [0.1, 0.15) is 10.4 Å². The SMILES string of the molecule is O=C(O)c1c(F)c(F)c(OCF)c(F)c1F. The molecule has 0 aliphatic heterocycles. The minimum Gasteiger partial charge on any atom is -0.477 e. The van der Waals surface area contributed by atoms with E-state index < -0.39 is 47.4 Å². The Morgan fingerprint density at radius 3 is 1.81 bits per heavy atom. The lowest BCUT2D eigenvalue weighted by Crippen LogP contribution is -2.12. The Morgan fingerprint density at radius 2 is 1.50 bits per heavy atom. The van der Waals surface area contributed by atoms with E-state index in [0.29, 0.717) is 0 Å². The van der Waals surface area contributed by atoms with Gasteiger partial charge in [-0.1, -0.05) is 0 Å². The van der Waals surface area contributed by atoms with Crippen LogP contribution < -0.4 is 4.74 Å². The molecule has 1 rings (SSSR count). The van der Waals surface area contributed by atoms with Crippen LogP contribution in [-0.4, -0.2) is 17.9 Å². The second-order valence-corrected chi connectivity index (χ2v) is 2.52. The number of halogens is 5. The summed E-state index contributed by atoms with van der Waals surface area (Å²) in [7, 11) is 0. The molecule has 8 heteroatoms. The van der Waals surface area contributed by atoms with Gasteiger partial charge in [-0.15, -0.1) is 0 Å². The molecule has 0 aromatic heterocycles. The Morgan fingerprint density at radius 1 is 1.06 bits per heavy atom. The van der Waals surface area contributed by atoms with Crippen molar-refractivity contribution in [2.75, 3.05) is 6.86 Å². The van der Waals surface area contributed by atoms with Gasteiger partial charge in [0.2, 0.25) is 18.5 Å². The highest BCUT2D eigenvalue weighted by atomic mass is 19.2. The molecule has 0 bridgehead atoms. The zero-order chi connectivity index (χ0) is 12.5. The van der Waals surface area contributed by atoms with E-state index in [-0.39, 0.29) is 0 Å². The fraction of sp³-hybridized carbons (Fsp3) is 0.125. The van der Waals surface area contributed by atoms with Gasteiger partial charge in [0, 0.05) is 0 Å². The van der Waals surface area contributed by atoms with Crippen LogP contribution in [0, 0.1) is 23.3 Å². The van der Waals surface area contributed by atoms with Gasteiger partial charge in [-0.3, -0.25) is 0 Å². The zero-order valence-electron chi connectivity index (χ0n) is 7.36. The van der Waals surface area contributed by atoms with Gasteiger partial charge in [0.05, 0.1) is 0 Å². The molecule has 88 valence electrons. The maximum absolute atomic E-state index is 12.9. The number of carboxylic acid groups (broad SMARTS) is 1. The minimum atomic E-state index is -2.19. The van der Waals surface area contributed by atoms with Crippen LogP contribution in [0.15, 0.2) is 0 Å². The molecular weight excluding hydrogens is 239 g/mol. The number of aromatic carboxylic acids is 1. The van der Waals surface area contributed by atoms with Crippen molar-refractivity contribution in [1.29, 1.82) is 0 Å². The normalized spacial score (nSPS) is 10.3. The Hall–Kier alpha value is -1.86. The average Bonchev–Trinajstić information content (AvgIpc) is 2.21. The van der Waals surface area contributed by atoms with Gasteiger partial charge in [-0.25, -0.2) is 18.0 Å². The Balaban J connectivity index is 3.56. The van der Waals surface area contributed by atoms with Gasteiger partial charge in [0.1, 0.15) is 5.56 Å². The van der Waals surface area contributed by atoms with Crippen molar-refractivity contribution in [1.82, 2.24) is 0 Å². The highest BCUT2D eigenvalue weighted by Gasteiger charge is 2.30. The summed E-state index contributed by atoms with van der Waals surface area (Å²) >= 11 is 0. The molecule has 0 fully saturated rings. The summed E-state index contributed by atoms with van der Waals surface area (Å²) in [6.45, 7) is -1.72. The summed E-state index contributed by atoms with van der Waals surface area (Å²) in [6, 6.07) is 0. The molecule has 3 nitrogen and oxygen atoms in total. The fourth-order valence-corrected chi connectivity index (χ4v) is 0.981. The smallest absolute Gasteiger partial charge is 0.341 e. The van der Waals surface area contributed by atoms with E-state index in [1.165, 1.54) is 0 Å². The van der Waals surface area contributed by atoms with E-state index >= 15 is 0 Å². The maximum atomic E-state index is 12.9. The Labute approximate surface area is 85.1 Å². The van der Waals surface area contributed by atoms with Crippen molar-refractivity contribution in [3.63, 3.8) is 0 Å². The van der Waals surface area contributed by atoms with Crippen LogP contribution in [0.5, 0.6) is 5.75 Å². The second kappa shape index (κ2) is 4.33. The largest absolute Gasteiger partial charge is 0.477 e. The quantitative estimate of drug-likeness (QED) is 0.653. The van der Waals surface area contributed by atoms with Gasteiger partial charge in [0.25, 0.3) is 0 Å². The summed E-state index contributed by atoms with van der Waals surface area (Å²) < 4.78 is 67.0. The van der Waals surface area contributed by atoms with Gasteiger partial charge >= 0.3 is 5.97 Å². The summed E-state index contributed by atoms with van der Waals surface area (Å²) in [5.74, 6) is -12.4. The number of hydrogen-bond donors (Lipinski definition) is 1. The van der Waals surface area contributed by atoms with Crippen LogP contribution in [-0.2, 0) is 0 Å². The molecule has 0 spiro atoms. The summed E-state index contributed by atoms with van der Waals surface area (Å²) in [5.41, 5.74) is -1.80. The predicted molar refractivity (Wildman–Crippen MR) is 39.8 cm³/mol. The minimum absolute atomic E-state index is 1.64. The van der Waals surface area contributed by atoms with Crippen molar-refractivity contribution in [2.24, 2.45) is 0 Å². The molecule has 0 saturated heterocycles. The lowest BCUT2D eigenvalue weighted by atomic mass is 10.1. The number of benzene rings is 1. The van der Waals surface area contributed by atoms with Crippen molar-refractivity contribution < 1.29 is 36.6 Å². The monoisotopic (exact) mass is 242 g/mol. The molecule has 1 aromatic rings. The number of ether oxygens (including phenoxy) is 1. The molecule has 0 radical (unpaired) electrons. The van der Waals surface area contributed by atoms with E-state index in [0.717, 1.165) is 0 Å². The van der Waals surface area contributed by atoms with E-state index in [1.54, 1.807) is 0 Å². The fourth-order valence-electron chi connectivity index (χ4n) is 0.981. The van der Waals surface area contributed by atoms with Crippen LogP contribution in [0.4, 0.5) is 22.0 Å². The molecule has 0 aliphatic rings. The molecule has 0 heterocycles. The van der Waals surface area contributed by atoms with Crippen molar-refractivity contribution >= 4 is 5.97 Å². The number of hydrogen-bond acceptors (Lipinski definition) is 2. The number of carbonyl (C=O) groups is 1. The third-order valence-corrected chi connectivity index (χ3v) is 1.64. The molecule has 0 atom stereocenters. The standard InChI is InChI=1S/C8H3F5O3/c9-1-16-7-5(12)3(10)2(8(14)15)4(11)6(7)13/h1H2,(H,14,15). The third kappa shape index (κ3) is 1.77. The third-order valence-electron chi connectivity index (χ3n) is 1.64. The van der Waals surface area contributed by atoms with Crippen molar-refractivity contribution in [3.8, 4) is 5.75 Å². The first-order chi connectivity index (χ1) is 7.41. The maximum Gasteiger partial charge on any atom is 0.341 e. The second-order valence-electron chi connectivity index (χ2n) is 2.52. The molecule has 1 N–H and O–H groups in total. The van der Waals surface area contributed by atoms with Crippen LogP contribution >= 0.6 is 0 Å². The lowest BCUT2D eigenvalue weighted by Gasteiger charge is -2.08. The molecule has 0 aliphatic carbocycles. The van der Waals surface area contributed by atoms with Crippen LogP contribution in [0.2, 0.25) is 0 Å². The number of carboxylic acids is 1. The molecule has 0 unspecified atom stereocenters. The van der Waals surface area contributed by atoms with Gasteiger partial charge in [-0.2, -0.15) is 8.78 Å². The summed E-state index contributed by atoms with van der Waals surface area (Å²) in [5, 5.41) is 8.29. The highest BCUT2D eigenvalue weighted by molar-refractivity contribution is 5.88. The summed E-state index contributed by atoms with van der Waals surface area (Å²) in [6.07, 6.45) is 0. The molecule has 16 heavy (non-hydrogen) atoms. The average molecular weight is 242 g/mol. The van der Waals surface area contributed by atoms with Gasteiger partial charge in [0.15, 0.2) is 17.4 Å². The predicted octanol–water partition coefficient (Wildman–Crippen LogP) is 2.25. The van der Waals surface area contributed by atoms with E-state index in [9.17, 15) is 26.7 Å². The topological polar surface area (TPSA) is 46.5 Å². The van der Waals surface area contributed by atoms with E-state index in [1.807, 2.05) is 0 Å². The molecular formula is C8H3F5O3. The van der Waals surface area contributed by atoms with E-state index in [4.69, 9.17) is 5.11 Å². The first kappa shape index (κ1) is 12.2. The first-order valence-electron chi connectivity index (χ1n) is 3.69. The van der Waals surface area contributed by atoms with Gasteiger partial charge in [-0.05, 0) is 0 Å². The number of rotatable bonds is 3. The molecule has 0 amide bonds. The van der Waals surface area contributed by atoms with Crippen LogP contribution in [0.25, 0.3) is 0 Å². The Bertz CT molecular complexity index is 417. The molecule has 0 saturated carbocycles. The lowest BCUT2D eigenvalue weighted by molar-refractivity contribution is 0.0682. The van der Waals surface area contributed by atoms with Crippen molar-refractivity contribution in [2.45, 2.75) is 0 Å². The van der Waals surface area contributed by atoms with Crippen LogP contribution in [0.3, 0.4) is 0 Å². The molecule has 1 aromatic carbocycles. The Kier molecular flexibility index (Phi) is 3.31. The highest BCUT2D eigenvalue weighted by Crippen LogP contribution is 2.29. The zero-order valence-corrected chi connectivity index (χ0v) is 7.36. The first-order valence-corrected chi connectivity index (χ1v) is 3.69. The summed E-state index contributed by atoms with van der Waals surface area (Å²) in [4.78, 5) is 10.3.